The number of aliphatic hydroxyl groups is 1. The van der Waals surface area contributed by atoms with Crippen LogP contribution in [0.25, 0.3) is 10.8 Å². The van der Waals surface area contributed by atoms with Crippen molar-refractivity contribution in [1.82, 2.24) is 0 Å². The van der Waals surface area contributed by atoms with E-state index in [1.807, 2.05) is 66.7 Å². The molecule has 146 valence electrons. The number of benzene rings is 3. The molecular formula is C25H23NO3. The Balaban J connectivity index is 1.74. The Morgan fingerprint density at radius 3 is 2.69 bits per heavy atom. The first kappa shape index (κ1) is 18.9. The van der Waals surface area contributed by atoms with Gasteiger partial charge in [0.25, 0.3) is 0 Å². The number of ketones is 1. The standard InChI is InChI=1S/C25H23NO3/c1-29-20-11-5-10-19(16-20)26-22-13-6-14-23(27)25(22)24(28)15-18-9-4-8-17-7-2-3-12-21(17)18/h2-5,7-12,16,28H,6,13-15H2,1H3/b25-24+,26-22?. The Morgan fingerprint density at radius 1 is 1.03 bits per heavy atom. The van der Waals surface area contributed by atoms with Gasteiger partial charge in [-0.05, 0) is 41.3 Å². The van der Waals surface area contributed by atoms with Crippen LogP contribution < -0.4 is 4.74 Å². The van der Waals surface area contributed by atoms with Crippen molar-refractivity contribution < 1.29 is 14.6 Å². The van der Waals surface area contributed by atoms with Gasteiger partial charge in [0.2, 0.25) is 0 Å². The molecule has 3 aromatic rings. The molecule has 29 heavy (non-hydrogen) atoms. The van der Waals surface area contributed by atoms with Gasteiger partial charge in [-0.25, -0.2) is 0 Å². The van der Waals surface area contributed by atoms with E-state index in [2.05, 4.69) is 4.99 Å². The number of aliphatic imine (C=N–C) groups is 1. The summed E-state index contributed by atoms with van der Waals surface area (Å²) in [5.41, 5.74) is 2.72. The zero-order valence-corrected chi connectivity index (χ0v) is 16.4. The van der Waals surface area contributed by atoms with E-state index >= 15 is 0 Å². The molecule has 3 aromatic carbocycles. The van der Waals surface area contributed by atoms with Crippen molar-refractivity contribution in [2.75, 3.05) is 7.11 Å². The number of carbonyl (C=O) groups is 1. The highest BCUT2D eigenvalue weighted by molar-refractivity contribution is 6.24. The molecule has 0 heterocycles. The SMILES string of the molecule is COc1cccc(N=C2CCCC(=O)/C2=C(/O)Cc2cccc3ccccc23)c1. The number of methoxy groups -OCH3 is 1. The fraction of sp³-hybridized carbons (Fsp3) is 0.200. The fourth-order valence-electron chi connectivity index (χ4n) is 3.82. The molecule has 1 N–H and O–H groups in total. The Kier molecular flexibility index (Phi) is 5.43. The van der Waals surface area contributed by atoms with Gasteiger partial charge in [-0.1, -0.05) is 48.5 Å². The van der Waals surface area contributed by atoms with Crippen molar-refractivity contribution in [3.63, 3.8) is 0 Å². The molecule has 1 saturated carbocycles. The third kappa shape index (κ3) is 4.06. The maximum Gasteiger partial charge on any atom is 0.168 e. The van der Waals surface area contributed by atoms with E-state index in [-0.39, 0.29) is 11.5 Å². The van der Waals surface area contributed by atoms with Crippen molar-refractivity contribution >= 4 is 28.0 Å². The minimum absolute atomic E-state index is 0.0457. The van der Waals surface area contributed by atoms with Crippen molar-refractivity contribution in [3.8, 4) is 5.75 Å². The second-order valence-electron chi connectivity index (χ2n) is 7.17. The predicted octanol–water partition coefficient (Wildman–Crippen LogP) is 5.73. The largest absolute Gasteiger partial charge is 0.511 e. The summed E-state index contributed by atoms with van der Waals surface area (Å²) in [7, 11) is 1.61. The number of aliphatic hydroxyl groups excluding tert-OH is 1. The van der Waals surface area contributed by atoms with Crippen molar-refractivity contribution in [2.45, 2.75) is 25.7 Å². The van der Waals surface area contributed by atoms with Crippen molar-refractivity contribution in [3.05, 3.63) is 83.6 Å². The molecule has 1 aliphatic rings. The quantitative estimate of drug-likeness (QED) is 0.461. The molecule has 0 atom stereocenters. The monoisotopic (exact) mass is 385 g/mol. The van der Waals surface area contributed by atoms with Crippen LogP contribution in [0.4, 0.5) is 5.69 Å². The number of allylic oxidation sites excluding steroid dienone is 2. The van der Waals surface area contributed by atoms with Crippen LogP contribution in [0.1, 0.15) is 24.8 Å². The Bertz CT molecular complexity index is 1120. The highest BCUT2D eigenvalue weighted by atomic mass is 16.5. The Morgan fingerprint density at radius 2 is 1.83 bits per heavy atom. The molecule has 0 aromatic heterocycles. The van der Waals surface area contributed by atoms with Gasteiger partial charge in [-0.3, -0.25) is 9.79 Å². The number of carbonyl (C=O) groups excluding carboxylic acids is 1. The van der Waals surface area contributed by atoms with Gasteiger partial charge in [-0.2, -0.15) is 0 Å². The fourth-order valence-corrected chi connectivity index (χ4v) is 3.82. The number of Topliss-reactive ketones (excluding diaryl/α,β-unsaturated/α-hetero) is 1. The smallest absolute Gasteiger partial charge is 0.168 e. The van der Waals surface area contributed by atoms with E-state index in [0.717, 1.165) is 22.8 Å². The number of ether oxygens (including phenoxy) is 1. The lowest BCUT2D eigenvalue weighted by Gasteiger charge is -2.18. The molecule has 0 amide bonds. The first-order chi connectivity index (χ1) is 14.2. The van der Waals surface area contributed by atoms with E-state index in [1.165, 1.54) is 0 Å². The molecule has 0 spiro atoms. The molecule has 0 radical (unpaired) electrons. The van der Waals surface area contributed by atoms with Crippen LogP contribution in [0, 0.1) is 0 Å². The van der Waals surface area contributed by atoms with Gasteiger partial charge in [0, 0.05) is 18.9 Å². The maximum absolute atomic E-state index is 12.7. The van der Waals surface area contributed by atoms with Crippen LogP contribution in [0.3, 0.4) is 0 Å². The van der Waals surface area contributed by atoms with Crippen LogP contribution in [-0.2, 0) is 11.2 Å². The van der Waals surface area contributed by atoms with Gasteiger partial charge in [0.1, 0.15) is 11.5 Å². The first-order valence-electron chi connectivity index (χ1n) is 9.79. The summed E-state index contributed by atoms with van der Waals surface area (Å²) >= 11 is 0. The lowest BCUT2D eigenvalue weighted by molar-refractivity contribution is -0.115. The van der Waals surface area contributed by atoms with Gasteiger partial charge in [0.05, 0.1) is 24.1 Å². The van der Waals surface area contributed by atoms with Gasteiger partial charge in [-0.15, -0.1) is 0 Å². The Labute approximate surface area is 170 Å². The van der Waals surface area contributed by atoms with Crippen LogP contribution in [-0.4, -0.2) is 23.7 Å². The van der Waals surface area contributed by atoms with E-state index in [9.17, 15) is 9.90 Å². The van der Waals surface area contributed by atoms with Crippen molar-refractivity contribution in [2.24, 2.45) is 4.99 Å². The molecule has 4 heteroatoms. The molecule has 0 aliphatic heterocycles. The van der Waals surface area contributed by atoms with Crippen LogP contribution in [0.15, 0.2) is 83.1 Å². The van der Waals surface area contributed by atoms with E-state index in [4.69, 9.17) is 4.74 Å². The van der Waals surface area contributed by atoms with Crippen molar-refractivity contribution in [1.29, 1.82) is 0 Å². The second kappa shape index (κ2) is 8.31. The lowest BCUT2D eigenvalue weighted by atomic mass is 9.88. The Hall–Kier alpha value is -3.40. The van der Waals surface area contributed by atoms with E-state index in [1.54, 1.807) is 7.11 Å². The molecule has 1 aliphatic carbocycles. The average Bonchev–Trinajstić information content (AvgIpc) is 2.74. The van der Waals surface area contributed by atoms with Crippen LogP contribution in [0.2, 0.25) is 0 Å². The summed E-state index contributed by atoms with van der Waals surface area (Å²) in [6.07, 6.45) is 2.15. The zero-order chi connectivity index (χ0) is 20.2. The van der Waals surface area contributed by atoms with Crippen LogP contribution in [0.5, 0.6) is 5.75 Å². The highest BCUT2D eigenvalue weighted by Gasteiger charge is 2.26. The maximum atomic E-state index is 12.7. The number of hydrogen-bond donors (Lipinski definition) is 1. The topological polar surface area (TPSA) is 58.9 Å². The summed E-state index contributed by atoms with van der Waals surface area (Å²) in [6, 6.07) is 21.5. The van der Waals surface area contributed by atoms with Crippen LogP contribution >= 0.6 is 0 Å². The van der Waals surface area contributed by atoms with Gasteiger partial charge in [0.15, 0.2) is 5.78 Å². The normalized spacial score (nSPS) is 17.6. The molecule has 1 fully saturated rings. The summed E-state index contributed by atoms with van der Waals surface area (Å²) in [6.45, 7) is 0. The summed E-state index contributed by atoms with van der Waals surface area (Å²) in [5.74, 6) is 0.753. The number of hydrogen-bond acceptors (Lipinski definition) is 4. The highest BCUT2D eigenvalue weighted by Crippen LogP contribution is 2.28. The van der Waals surface area contributed by atoms with E-state index < -0.39 is 0 Å². The predicted molar refractivity (Wildman–Crippen MR) is 116 cm³/mol. The second-order valence-corrected chi connectivity index (χ2v) is 7.17. The number of fused-ring (bicyclic) bond motifs is 1. The third-order valence-corrected chi connectivity index (χ3v) is 5.23. The molecule has 0 unspecified atom stereocenters. The number of rotatable bonds is 4. The third-order valence-electron chi connectivity index (χ3n) is 5.23. The molecule has 0 bridgehead atoms. The zero-order valence-electron chi connectivity index (χ0n) is 16.4. The summed E-state index contributed by atoms with van der Waals surface area (Å²) in [5, 5.41) is 13.2. The summed E-state index contributed by atoms with van der Waals surface area (Å²) in [4.78, 5) is 17.4. The molecule has 0 saturated heterocycles. The van der Waals surface area contributed by atoms with Gasteiger partial charge < -0.3 is 9.84 Å². The molecule has 4 nitrogen and oxygen atoms in total. The summed E-state index contributed by atoms with van der Waals surface area (Å²) < 4.78 is 5.26. The van der Waals surface area contributed by atoms with E-state index in [0.29, 0.717) is 42.0 Å². The minimum atomic E-state index is -0.0457. The minimum Gasteiger partial charge on any atom is -0.511 e. The van der Waals surface area contributed by atoms with Gasteiger partial charge >= 0.3 is 0 Å². The average molecular weight is 385 g/mol. The molecule has 4 rings (SSSR count). The molecular weight excluding hydrogens is 362 g/mol. The first-order valence-corrected chi connectivity index (χ1v) is 9.79. The number of nitrogens with zero attached hydrogens (tertiary/aromatic N) is 1. The lowest BCUT2D eigenvalue weighted by Crippen LogP contribution is -2.21.